The average molecular weight is 267 g/mol. The highest BCUT2D eigenvalue weighted by Gasteiger charge is 2.18. The Labute approximate surface area is 105 Å². The number of pyridine rings is 1. The van der Waals surface area contributed by atoms with E-state index in [2.05, 4.69) is 14.5 Å². The van der Waals surface area contributed by atoms with Crippen molar-refractivity contribution >= 4 is 34.2 Å². The molecule has 0 aliphatic carbocycles. The Bertz CT molecular complexity index is 684. The second kappa shape index (κ2) is 4.61. The highest BCUT2D eigenvalue weighted by Crippen LogP contribution is 2.22. The van der Waals surface area contributed by atoms with Crippen LogP contribution in [0.15, 0.2) is 16.2 Å². The van der Waals surface area contributed by atoms with Gasteiger partial charge in [-0.3, -0.25) is 4.79 Å². The smallest absolute Gasteiger partial charge is 0.354 e. The monoisotopic (exact) mass is 267 g/mol. The minimum Gasteiger partial charge on any atom is -0.465 e. The molecule has 0 spiro atoms. The maximum Gasteiger partial charge on any atom is 0.354 e. The van der Waals surface area contributed by atoms with E-state index < -0.39 is 11.9 Å². The largest absolute Gasteiger partial charge is 0.465 e. The van der Waals surface area contributed by atoms with Gasteiger partial charge in [0.1, 0.15) is 10.6 Å². The molecule has 2 rings (SSSR count). The molecular weight excluding hydrogens is 258 g/mol. The lowest BCUT2D eigenvalue weighted by Crippen LogP contribution is -2.11. The van der Waals surface area contributed by atoms with Gasteiger partial charge in [0.15, 0.2) is 5.43 Å². The van der Waals surface area contributed by atoms with Gasteiger partial charge < -0.3 is 14.5 Å². The van der Waals surface area contributed by atoms with Gasteiger partial charge in [-0.25, -0.2) is 9.59 Å². The Balaban J connectivity index is 2.72. The Morgan fingerprint density at radius 2 is 1.89 bits per heavy atom. The van der Waals surface area contributed by atoms with Crippen LogP contribution in [-0.4, -0.2) is 31.1 Å². The maximum absolute atomic E-state index is 11.8. The summed E-state index contributed by atoms with van der Waals surface area (Å²) in [7, 11) is 2.45. The summed E-state index contributed by atoms with van der Waals surface area (Å²) in [6.07, 6.45) is 0. The van der Waals surface area contributed by atoms with E-state index in [9.17, 15) is 14.4 Å². The van der Waals surface area contributed by atoms with Crippen LogP contribution in [-0.2, 0) is 9.47 Å². The Morgan fingerprint density at radius 3 is 2.50 bits per heavy atom. The molecule has 0 radical (unpaired) electrons. The number of esters is 2. The quantitative estimate of drug-likeness (QED) is 0.825. The number of fused-ring (bicyclic) bond motifs is 1. The number of hydrogen-bond donors (Lipinski definition) is 1. The van der Waals surface area contributed by atoms with Crippen LogP contribution in [0.1, 0.15) is 20.2 Å². The number of H-pyrrole nitrogens is 1. The van der Waals surface area contributed by atoms with Gasteiger partial charge in [-0.2, -0.15) is 0 Å². The average Bonchev–Trinajstić information content (AvgIpc) is 2.81. The Hall–Kier alpha value is -2.15. The van der Waals surface area contributed by atoms with Crippen LogP contribution in [0.2, 0.25) is 0 Å². The first-order valence-corrected chi connectivity index (χ1v) is 5.77. The molecule has 2 aromatic heterocycles. The first-order chi connectivity index (χ1) is 8.58. The number of methoxy groups -OCH3 is 2. The molecule has 18 heavy (non-hydrogen) atoms. The van der Waals surface area contributed by atoms with E-state index in [1.54, 1.807) is 5.38 Å². The number of ether oxygens (including phenoxy) is 2. The zero-order chi connectivity index (χ0) is 13.3. The second-order valence-corrected chi connectivity index (χ2v) is 4.26. The summed E-state index contributed by atoms with van der Waals surface area (Å²) in [6, 6.07) is 1.14. The second-order valence-electron chi connectivity index (χ2n) is 3.38. The van der Waals surface area contributed by atoms with Crippen LogP contribution in [0.3, 0.4) is 0 Å². The van der Waals surface area contributed by atoms with E-state index in [1.807, 2.05) is 0 Å². The van der Waals surface area contributed by atoms with Crippen molar-refractivity contribution in [2.24, 2.45) is 0 Å². The van der Waals surface area contributed by atoms with Crippen molar-refractivity contribution in [3.05, 3.63) is 32.2 Å². The van der Waals surface area contributed by atoms with Crippen LogP contribution < -0.4 is 5.43 Å². The predicted octanol–water partition coefficient (Wildman–Crippen LogP) is 1.16. The topological polar surface area (TPSA) is 85.5 Å². The van der Waals surface area contributed by atoms with Crippen molar-refractivity contribution in [2.45, 2.75) is 0 Å². The zero-order valence-corrected chi connectivity index (χ0v) is 10.4. The molecule has 0 amide bonds. The van der Waals surface area contributed by atoms with Crippen molar-refractivity contribution in [3.63, 3.8) is 0 Å². The molecule has 0 aliphatic rings. The summed E-state index contributed by atoms with van der Waals surface area (Å²) < 4.78 is 9.12. The minimum atomic E-state index is -0.670. The van der Waals surface area contributed by atoms with Gasteiger partial charge in [0, 0.05) is 11.4 Å². The SMILES string of the molecule is COC(=O)c1cc(=O)c2csc(C(=O)OC)c2[nH]1. The van der Waals surface area contributed by atoms with Crippen molar-refractivity contribution in [3.8, 4) is 0 Å². The van der Waals surface area contributed by atoms with E-state index >= 15 is 0 Å². The van der Waals surface area contributed by atoms with Gasteiger partial charge in [0.2, 0.25) is 0 Å². The Kier molecular flexibility index (Phi) is 3.15. The summed E-state index contributed by atoms with van der Waals surface area (Å²) >= 11 is 1.08. The first-order valence-electron chi connectivity index (χ1n) is 4.89. The van der Waals surface area contributed by atoms with Crippen molar-refractivity contribution < 1.29 is 19.1 Å². The predicted molar refractivity (Wildman–Crippen MR) is 65.1 cm³/mol. The number of thiophene rings is 1. The molecule has 94 valence electrons. The Morgan fingerprint density at radius 1 is 1.22 bits per heavy atom. The van der Waals surface area contributed by atoms with Gasteiger partial charge in [-0.15, -0.1) is 11.3 Å². The summed E-state index contributed by atoms with van der Waals surface area (Å²) in [6.45, 7) is 0. The molecular formula is C11H9NO5S. The van der Waals surface area contributed by atoms with Crippen LogP contribution in [0, 0.1) is 0 Å². The normalized spacial score (nSPS) is 10.3. The van der Waals surface area contributed by atoms with Crippen molar-refractivity contribution in [2.75, 3.05) is 14.2 Å². The first kappa shape index (κ1) is 12.3. The molecule has 7 heteroatoms. The summed E-state index contributed by atoms with van der Waals surface area (Å²) in [5.74, 6) is -1.23. The third-order valence-electron chi connectivity index (χ3n) is 2.37. The third kappa shape index (κ3) is 1.88. The fraction of sp³-hybridized carbons (Fsp3) is 0.182. The standard InChI is InChI=1S/C11H9NO5S/c1-16-10(14)6-3-7(13)5-4-18-9(8(5)12-6)11(15)17-2/h3-4,12H,1-2H3. The highest BCUT2D eigenvalue weighted by atomic mass is 32.1. The van der Waals surface area contributed by atoms with Crippen LogP contribution in [0.25, 0.3) is 10.9 Å². The number of hydrogen-bond acceptors (Lipinski definition) is 6. The fourth-order valence-electron chi connectivity index (χ4n) is 1.51. The summed E-state index contributed by atoms with van der Waals surface area (Å²) in [5.41, 5.74) is -0.0612. The fourth-order valence-corrected chi connectivity index (χ4v) is 2.43. The van der Waals surface area contributed by atoms with E-state index in [-0.39, 0.29) is 16.0 Å². The van der Waals surface area contributed by atoms with E-state index in [4.69, 9.17) is 0 Å². The van der Waals surface area contributed by atoms with Gasteiger partial charge in [0.25, 0.3) is 0 Å². The number of carbonyl (C=O) groups excluding carboxylic acids is 2. The zero-order valence-electron chi connectivity index (χ0n) is 9.60. The molecule has 0 saturated carbocycles. The third-order valence-corrected chi connectivity index (χ3v) is 3.33. The van der Waals surface area contributed by atoms with Crippen LogP contribution in [0.5, 0.6) is 0 Å². The number of aromatic amines is 1. The summed E-state index contributed by atoms with van der Waals surface area (Å²) in [5, 5.41) is 1.88. The molecule has 0 saturated heterocycles. The van der Waals surface area contributed by atoms with E-state index in [1.165, 1.54) is 14.2 Å². The van der Waals surface area contributed by atoms with Gasteiger partial charge >= 0.3 is 11.9 Å². The lowest BCUT2D eigenvalue weighted by Gasteiger charge is -2.01. The molecule has 0 atom stereocenters. The van der Waals surface area contributed by atoms with Crippen molar-refractivity contribution in [1.29, 1.82) is 0 Å². The number of rotatable bonds is 2. The van der Waals surface area contributed by atoms with Gasteiger partial charge in [-0.1, -0.05) is 0 Å². The lowest BCUT2D eigenvalue weighted by atomic mass is 10.2. The molecule has 0 unspecified atom stereocenters. The van der Waals surface area contributed by atoms with E-state index in [0.717, 1.165) is 17.4 Å². The lowest BCUT2D eigenvalue weighted by molar-refractivity contribution is 0.0587. The number of nitrogens with one attached hydrogen (secondary N) is 1. The molecule has 6 nitrogen and oxygen atoms in total. The molecule has 0 fully saturated rings. The molecule has 0 aliphatic heterocycles. The molecule has 0 aromatic carbocycles. The highest BCUT2D eigenvalue weighted by molar-refractivity contribution is 7.13. The number of aromatic nitrogens is 1. The number of carbonyl (C=O) groups is 2. The van der Waals surface area contributed by atoms with E-state index in [0.29, 0.717) is 10.9 Å². The van der Waals surface area contributed by atoms with Crippen molar-refractivity contribution in [1.82, 2.24) is 4.98 Å². The van der Waals surface area contributed by atoms with Gasteiger partial charge in [-0.05, 0) is 0 Å². The van der Waals surface area contributed by atoms with Gasteiger partial charge in [0.05, 0.1) is 25.1 Å². The molecule has 0 bridgehead atoms. The molecule has 1 N–H and O–H groups in total. The molecule has 2 heterocycles. The minimum absolute atomic E-state index is 0.00134. The van der Waals surface area contributed by atoms with Crippen LogP contribution in [0.4, 0.5) is 0 Å². The summed E-state index contributed by atoms with van der Waals surface area (Å²) in [4.78, 5) is 37.6. The van der Waals surface area contributed by atoms with Crippen LogP contribution >= 0.6 is 11.3 Å². The molecule has 2 aromatic rings. The maximum atomic E-state index is 11.8.